The summed E-state index contributed by atoms with van der Waals surface area (Å²) in [6.07, 6.45) is 19.2. The van der Waals surface area contributed by atoms with Crippen molar-refractivity contribution in [2.24, 2.45) is 17.3 Å². The Morgan fingerprint density at radius 2 is 1.68 bits per heavy atom. The molecular formula is C21H35N. The van der Waals surface area contributed by atoms with Gasteiger partial charge in [0, 0.05) is 0 Å². The molecule has 0 aromatic rings. The third-order valence-corrected chi connectivity index (χ3v) is 6.24. The van der Waals surface area contributed by atoms with Gasteiger partial charge < -0.3 is 0 Å². The van der Waals surface area contributed by atoms with Crippen LogP contribution in [0, 0.1) is 28.6 Å². The molecule has 0 aromatic heterocycles. The van der Waals surface area contributed by atoms with Crippen LogP contribution in [0.5, 0.6) is 0 Å². The highest BCUT2D eigenvalue weighted by atomic mass is 14.4. The summed E-state index contributed by atoms with van der Waals surface area (Å²) in [5, 5.41) is 9.87. The zero-order chi connectivity index (χ0) is 15.8. The van der Waals surface area contributed by atoms with E-state index in [1.807, 2.05) is 0 Å². The average molecular weight is 302 g/mol. The molecule has 124 valence electrons. The van der Waals surface area contributed by atoms with Crippen molar-refractivity contribution in [3.63, 3.8) is 0 Å². The molecule has 1 saturated carbocycles. The van der Waals surface area contributed by atoms with E-state index < -0.39 is 0 Å². The van der Waals surface area contributed by atoms with Crippen LogP contribution >= 0.6 is 0 Å². The van der Waals surface area contributed by atoms with Crippen molar-refractivity contribution in [1.82, 2.24) is 0 Å². The lowest BCUT2D eigenvalue weighted by molar-refractivity contribution is 0.222. The van der Waals surface area contributed by atoms with Gasteiger partial charge in [-0.1, -0.05) is 64.0 Å². The Bertz CT molecular complexity index is 393. The average Bonchev–Trinajstić information content (AvgIpc) is 2.59. The van der Waals surface area contributed by atoms with Gasteiger partial charge in [-0.15, -0.1) is 0 Å². The lowest BCUT2D eigenvalue weighted by atomic mass is 9.64. The van der Waals surface area contributed by atoms with Crippen LogP contribution in [0.2, 0.25) is 0 Å². The second-order valence-corrected chi connectivity index (χ2v) is 7.79. The Morgan fingerprint density at radius 3 is 2.18 bits per heavy atom. The maximum Gasteiger partial charge on any atom is 0.0782 e. The molecule has 0 heterocycles. The third-order valence-electron chi connectivity index (χ3n) is 6.24. The van der Waals surface area contributed by atoms with Crippen molar-refractivity contribution in [3.8, 4) is 6.07 Å². The fraction of sp³-hybridized carbons (Fsp3) is 0.857. The first-order valence-electron chi connectivity index (χ1n) is 9.84. The van der Waals surface area contributed by atoms with Crippen molar-refractivity contribution in [2.45, 2.75) is 97.3 Å². The zero-order valence-electron chi connectivity index (χ0n) is 14.9. The largest absolute Gasteiger partial charge is 0.197 e. The van der Waals surface area contributed by atoms with Crippen LogP contribution in [0.15, 0.2) is 11.6 Å². The Labute approximate surface area is 138 Å². The predicted molar refractivity (Wildman–Crippen MR) is 94.5 cm³/mol. The van der Waals surface area contributed by atoms with Crippen LogP contribution < -0.4 is 0 Å². The SMILES string of the molecule is CCCC[C@H]1CC=C([C@]2(C#N)CC[C@H](CCCC)CC2)CC1. The molecule has 0 amide bonds. The molecule has 2 aliphatic rings. The van der Waals surface area contributed by atoms with Crippen molar-refractivity contribution in [2.75, 3.05) is 0 Å². The van der Waals surface area contributed by atoms with Crippen molar-refractivity contribution in [1.29, 1.82) is 5.26 Å². The van der Waals surface area contributed by atoms with Crippen LogP contribution in [0.1, 0.15) is 97.3 Å². The van der Waals surface area contributed by atoms with Gasteiger partial charge in [-0.25, -0.2) is 0 Å². The second kappa shape index (κ2) is 8.76. The highest BCUT2D eigenvalue weighted by Crippen LogP contribution is 2.48. The molecule has 2 aliphatic carbocycles. The standard InChI is InChI=1S/C21H35N/c1-3-5-7-18-9-11-20(12-10-18)21(17-22)15-13-19(14-16-21)8-6-4-2/h11,18-19H,3-10,12-16H2,1-2H3/t18-,19-,21+/m0/s1. The van der Waals surface area contributed by atoms with Gasteiger partial charge in [0.25, 0.3) is 0 Å². The van der Waals surface area contributed by atoms with E-state index in [2.05, 4.69) is 26.0 Å². The second-order valence-electron chi connectivity index (χ2n) is 7.79. The van der Waals surface area contributed by atoms with Gasteiger partial charge in [0.05, 0.1) is 11.5 Å². The molecule has 1 fully saturated rings. The molecule has 1 atom stereocenters. The van der Waals surface area contributed by atoms with E-state index in [0.717, 1.165) is 24.7 Å². The van der Waals surface area contributed by atoms with Crippen LogP contribution in [0.3, 0.4) is 0 Å². The quantitative estimate of drug-likeness (QED) is 0.475. The van der Waals surface area contributed by atoms with Gasteiger partial charge in [-0.05, 0) is 56.8 Å². The number of nitriles is 1. The van der Waals surface area contributed by atoms with E-state index in [0.29, 0.717) is 0 Å². The third kappa shape index (κ3) is 4.37. The Morgan fingerprint density at radius 1 is 1.05 bits per heavy atom. The molecule has 0 aromatic carbocycles. The minimum absolute atomic E-state index is 0.0849. The fourth-order valence-electron chi connectivity index (χ4n) is 4.53. The van der Waals surface area contributed by atoms with E-state index in [4.69, 9.17) is 0 Å². The normalized spacial score (nSPS) is 32.3. The Hall–Kier alpha value is -0.770. The molecule has 0 N–H and O–H groups in total. The summed E-state index contributed by atoms with van der Waals surface area (Å²) in [5.74, 6) is 1.78. The Balaban J connectivity index is 1.90. The summed E-state index contributed by atoms with van der Waals surface area (Å²) in [7, 11) is 0. The number of nitrogens with zero attached hydrogens (tertiary/aromatic N) is 1. The number of allylic oxidation sites excluding steroid dienone is 2. The van der Waals surface area contributed by atoms with Crippen LogP contribution in [0.25, 0.3) is 0 Å². The van der Waals surface area contributed by atoms with Crippen LogP contribution in [-0.4, -0.2) is 0 Å². The summed E-state index contributed by atoms with van der Waals surface area (Å²) < 4.78 is 0. The zero-order valence-corrected chi connectivity index (χ0v) is 14.9. The predicted octanol–water partition coefficient (Wildman–Crippen LogP) is 6.79. The van der Waals surface area contributed by atoms with Crippen molar-refractivity contribution >= 4 is 0 Å². The molecule has 0 saturated heterocycles. The first-order chi connectivity index (χ1) is 10.7. The fourth-order valence-corrected chi connectivity index (χ4v) is 4.53. The summed E-state index contributed by atoms with van der Waals surface area (Å²) in [6.45, 7) is 4.57. The molecule has 0 radical (unpaired) electrons. The van der Waals surface area contributed by atoms with Gasteiger partial charge in [-0.3, -0.25) is 0 Å². The minimum Gasteiger partial charge on any atom is -0.197 e. The summed E-state index contributed by atoms with van der Waals surface area (Å²) >= 11 is 0. The topological polar surface area (TPSA) is 23.8 Å². The maximum atomic E-state index is 9.87. The monoisotopic (exact) mass is 301 g/mol. The Kier molecular flexibility index (Phi) is 7.00. The van der Waals surface area contributed by atoms with E-state index in [-0.39, 0.29) is 5.41 Å². The molecular weight excluding hydrogens is 266 g/mol. The number of unbranched alkanes of at least 4 members (excludes halogenated alkanes) is 2. The lowest BCUT2D eigenvalue weighted by Crippen LogP contribution is -2.29. The highest BCUT2D eigenvalue weighted by molar-refractivity contribution is 5.26. The van der Waals surface area contributed by atoms with E-state index in [1.54, 1.807) is 0 Å². The van der Waals surface area contributed by atoms with Crippen LogP contribution in [-0.2, 0) is 0 Å². The molecule has 1 heteroatoms. The number of rotatable bonds is 7. The van der Waals surface area contributed by atoms with Crippen molar-refractivity contribution in [3.05, 3.63) is 11.6 Å². The molecule has 1 nitrogen and oxygen atoms in total. The molecule has 0 unspecified atom stereocenters. The summed E-state index contributed by atoms with van der Waals surface area (Å²) in [4.78, 5) is 0. The van der Waals surface area contributed by atoms with E-state index >= 15 is 0 Å². The molecule has 0 bridgehead atoms. The minimum atomic E-state index is -0.0849. The summed E-state index contributed by atoms with van der Waals surface area (Å²) in [6, 6.07) is 2.75. The first-order valence-corrected chi connectivity index (χ1v) is 9.84. The number of hydrogen-bond donors (Lipinski definition) is 0. The van der Waals surface area contributed by atoms with Gasteiger partial charge in [0.15, 0.2) is 0 Å². The molecule has 2 rings (SSSR count). The number of hydrogen-bond acceptors (Lipinski definition) is 1. The van der Waals surface area contributed by atoms with Gasteiger partial charge in [0.2, 0.25) is 0 Å². The van der Waals surface area contributed by atoms with Gasteiger partial charge in [0.1, 0.15) is 0 Å². The first kappa shape index (κ1) is 17.6. The maximum absolute atomic E-state index is 9.87. The van der Waals surface area contributed by atoms with Gasteiger partial charge in [-0.2, -0.15) is 5.26 Å². The van der Waals surface area contributed by atoms with E-state index in [1.165, 1.54) is 76.2 Å². The van der Waals surface area contributed by atoms with E-state index in [9.17, 15) is 5.26 Å². The summed E-state index contributed by atoms with van der Waals surface area (Å²) in [5.41, 5.74) is 1.43. The van der Waals surface area contributed by atoms with Crippen LogP contribution in [0.4, 0.5) is 0 Å². The lowest BCUT2D eigenvalue weighted by Gasteiger charge is -2.39. The smallest absolute Gasteiger partial charge is 0.0782 e. The molecule has 0 spiro atoms. The van der Waals surface area contributed by atoms with Crippen molar-refractivity contribution < 1.29 is 0 Å². The highest BCUT2D eigenvalue weighted by Gasteiger charge is 2.39. The molecule has 22 heavy (non-hydrogen) atoms. The molecule has 0 aliphatic heterocycles. The van der Waals surface area contributed by atoms with Gasteiger partial charge >= 0.3 is 0 Å².